The lowest BCUT2D eigenvalue weighted by atomic mass is 10.00. The number of carbonyl (C=O) groups excluding carboxylic acids is 2. The van der Waals surface area contributed by atoms with Crippen molar-refractivity contribution in [2.24, 2.45) is 5.92 Å². The van der Waals surface area contributed by atoms with Gasteiger partial charge in [-0.15, -0.1) is 11.3 Å². The minimum absolute atomic E-state index is 0.0225. The maximum atomic E-state index is 13.7. The molecule has 3 aromatic rings. The van der Waals surface area contributed by atoms with E-state index in [2.05, 4.69) is 11.4 Å². The van der Waals surface area contributed by atoms with Gasteiger partial charge < -0.3 is 19.3 Å². The van der Waals surface area contributed by atoms with Crippen LogP contribution in [0.2, 0.25) is 0 Å². The first kappa shape index (κ1) is 25.8. The number of methoxy groups -OCH3 is 1. The number of amides is 2. The number of aryl methyl sites for hydroxylation is 1. The number of fused-ring (bicyclic) bond motifs is 1. The van der Waals surface area contributed by atoms with Crippen molar-refractivity contribution in [3.63, 3.8) is 0 Å². The Balaban J connectivity index is 1.53. The van der Waals surface area contributed by atoms with Crippen LogP contribution in [0.15, 0.2) is 60.0 Å². The summed E-state index contributed by atoms with van der Waals surface area (Å²) in [5, 5.41) is 2.08. The van der Waals surface area contributed by atoms with Gasteiger partial charge in [0.2, 0.25) is 5.91 Å². The van der Waals surface area contributed by atoms with E-state index in [1.165, 1.54) is 10.4 Å². The molecule has 1 unspecified atom stereocenters. The van der Waals surface area contributed by atoms with E-state index >= 15 is 0 Å². The van der Waals surface area contributed by atoms with Crippen molar-refractivity contribution >= 4 is 23.2 Å². The van der Waals surface area contributed by atoms with E-state index in [4.69, 9.17) is 9.47 Å². The highest BCUT2D eigenvalue weighted by Crippen LogP contribution is 2.34. The van der Waals surface area contributed by atoms with Crippen molar-refractivity contribution < 1.29 is 19.1 Å². The smallest absolute Gasteiger partial charge is 0.254 e. The van der Waals surface area contributed by atoms with Crippen molar-refractivity contribution in [3.05, 3.63) is 81.5 Å². The SMILES string of the molecule is COc1cccc(C(=O)N(CC(=O)N2CCc3sccc3C2COc2ccc(C)cc2)CC(C)C)c1. The fourth-order valence-corrected chi connectivity index (χ4v) is 5.47. The molecule has 6 nitrogen and oxygen atoms in total. The van der Waals surface area contributed by atoms with Crippen LogP contribution in [0.25, 0.3) is 0 Å². The van der Waals surface area contributed by atoms with Crippen LogP contribution in [0.5, 0.6) is 11.5 Å². The van der Waals surface area contributed by atoms with Crippen LogP contribution >= 0.6 is 11.3 Å². The lowest BCUT2D eigenvalue weighted by Crippen LogP contribution is -2.48. The van der Waals surface area contributed by atoms with Crippen LogP contribution < -0.4 is 9.47 Å². The van der Waals surface area contributed by atoms with Gasteiger partial charge in [0.15, 0.2) is 0 Å². The zero-order valence-corrected chi connectivity index (χ0v) is 22.2. The molecule has 2 amide bonds. The quantitative estimate of drug-likeness (QED) is 0.392. The molecule has 2 aromatic carbocycles. The van der Waals surface area contributed by atoms with Gasteiger partial charge in [0.05, 0.1) is 13.2 Å². The Labute approximate surface area is 217 Å². The number of thiophene rings is 1. The molecule has 0 N–H and O–H groups in total. The van der Waals surface area contributed by atoms with Gasteiger partial charge in [-0.2, -0.15) is 0 Å². The summed E-state index contributed by atoms with van der Waals surface area (Å²) < 4.78 is 11.4. The van der Waals surface area contributed by atoms with Gasteiger partial charge >= 0.3 is 0 Å². The average Bonchev–Trinajstić information content (AvgIpc) is 3.36. The first-order valence-electron chi connectivity index (χ1n) is 12.3. The second-order valence-corrected chi connectivity index (χ2v) is 10.6. The molecular weight excluding hydrogens is 472 g/mol. The van der Waals surface area contributed by atoms with E-state index in [1.807, 2.05) is 49.9 Å². The van der Waals surface area contributed by atoms with Crippen LogP contribution in [0, 0.1) is 12.8 Å². The molecule has 36 heavy (non-hydrogen) atoms. The zero-order chi connectivity index (χ0) is 25.7. The van der Waals surface area contributed by atoms with Crippen LogP contribution in [-0.2, 0) is 11.2 Å². The number of benzene rings is 2. The van der Waals surface area contributed by atoms with Crippen molar-refractivity contribution in [1.82, 2.24) is 9.80 Å². The molecule has 2 heterocycles. The van der Waals surface area contributed by atoms with E-state index in [0.29, 0.717) is 31.0 Å². The third-order valence-electron chi connectivity index (χ3n) is 6.36. The van der Waals surface area contributed by atoms with E-state index in [9.17, 15) is 9.59 Å². The third-order valence-corrected chi connectivity index (χ3v) is 7.36. The maximum absolute atomic E-state index is 13.7. The zero-order valence-electron chi connectivity index (χ0n) is 21.4. The van der Waals surface area contributed by atoms with Gasteiger partial charge in [-0.05, 0) is 66.6 Å². The predicted octanol–water partition coefficient (Wildman–Crippen LogP) is 5.37. The van der Waals surface area contributed by atoms with Gasteiger partial charge in [0, 0.05) is 23.5 Å². The first-order valence-corrected chi connectivity index (χ1v) is 13.2. The fraction of sp³-hybridized carbons (Fsp3) is 0.379. The van der Waals surface area contributed by atoms with Crippen LogP contribution in [0.1, 0.15) is 46.3 Å². The maximum Gasteiger partial charge on any atom is 0.254 e. The molecule has 1 aliphatic heterocycles. The standard InChI is InChI=1S/C29H34N2O4S/c1-20(2)17-30(29(33)22-6-5-7-24(16-22)34-4)18-28(32)31-14-12-27-25(13-15-36-27)26(31)19-35-23-10-8-21(3)9-11-23/h5-11,13,15-16,20,26H,12,14,17-19H2,1-4H3. The molecule has 1 aromatic heterocycles. The summed E-state index contributed by atoms with van der Waals surface area (Å²) in [6.45, 7) is 7.63. The molecule has 0 radical (unpaired) electrons. The number of ether oxygens (including phenoxy) is 2. The van der Waals surface area contributed by atoms with Crippen LogP contribution in [-0.4, -0.2) is 55.0 Å². The summed E-state index contributed by atoms with van der Waals surface area (Å²) in [6, 6.07) is 16.9. The molecular formula is C29H34N2O4S. The average molecular weight is 507 g/mol. The van der Waals surface area contributed by atoms with Gasteiger partial charge in [-0.25, -0.2) is 0 Å². The molecule has 0 spiro atoms. The van der Waals surface area contributed by atoms with Crippen molar-refractivity contribution in [3.8, 4) is 11.5 Å². The summed E-state index contributed by atoms with van der Waals surface area (Å²) in [7, 11) is 1.58. The second kappa shape index (κ2) is 11.6. The Bertz CT molecular complexity index is 1190. The van der Waals surface area contributed by atoms with E-state index < -0.39 is 0 Å². The summed E-state index contributed by atoms with van der Waals surface area (Å²) in [4.78, 5) is 32.0. The van der Waals surface area contributed by atoms with Gasteiger partial charge in [-0.3, -0.25) is 9.59 Å². The highest BCUT2D eigenvalue weighted by atomic mass is 32.1. The van der Waals surface area contributed by atoms with Crippen LogP contribution in [0.4, 0.5) is 0 Å². The molecule has 1 atom stereocenters. The van der Waals surface area contributed by atoms with E-state index in [1.54, 1.807) is 47.6 Å². The largest absolute Gasteiger partial charge is 0.497 e. The topological polar surface area (TPSA) is 59.1 Å². The molecule has 0 saturated heterocycles. The van der Waals surface area contributed by atoms with Gasteiger partial charge in [0.25, 0.3) is 5.91 Å². The van der Waals surface area contributed by atoms with E-state index in [0.717, 1.165) is 17.7 Å². The van der Waals surface area contributed by atoms with Crippen molar-refractivity contribution in [2.75, 3.05) is 33.4 Å². The van der Waals surface area contributed by atoms with Gasteiger partial charge in [-0.1, -0.05) is 37.6 Å². The molecule has 0 bridgehead atoms. The number of nitrogens with zero attached hydrogens (tertiary/aromatic N) is 2. The Hall–Kier alpha value is -3.32. The number of hydrogen-bond donors (Lipinski definition) is 0. The molecule has 190 valence electrons. The molecule has 7 heteroatoms. The summed E-state index contributed by atoms with van der Waals surface area (Å²) in [5.74, 6) is 1.38. The Morgan fingerprint density at radius 2 is 1.89 bits per heavy atom. The van der Waals surface area contributed by atoms with E-state index in [-0.39, 0.29) is 30.3 Å². The summed E-state index contributed by atoms with van der Waals surface area (Å²) in [5.41, 5.74) is 2.82. The lowest BCUT2D eigenvalue weighted by molar-refractivity contribution is -0.135. The Morgan fingerprint density at radius 1 is 1.11 bits per heavy atom. The Kier molecular flexibility index (Phi) is 8.31. The minimum atomic E-state index is -0.193. The highest BCUT2D eigenvalue weighted by Gasteiger charge is 2.33. The lowest BCUT2D eigenvalue weighted by Gasteiger charge is -2.37. The van der Waals surface area contributed by atoms with Crippen molar-refractivity contribution in [1.29, 1.82) is 0 Å². The number of carbonyl (C=O) groups is 2. The Morgan fingerprint density at radius 3 is 2.61 bits per heavy atom. The predicted molar refractivity (Wildman–Crippen MR) is 143 cm³/mol. The third kappa shape index (κ3) is 6.08. The normalized spacial score (nSPS) is 14.9. The molecule has 0 saturated carbocycles. The second-order valence-electron chi connectivity index (χ2n) is 9.59. The molecule has 1 aliphatic rings. The summed E-state index contributed by atoms with van der Waals surface area (Å²) in [6.07, 6.45) is 0.813. The summed E-state index contributed by atoms with van der Waals surface area (Å²) >= 11 is 1.72. The van der Waals surface area contributed by atoms with Crippen LogP contribution in [0.3, 0.4) is 0 Å². The van der Waals surface area contributed by atoms with Crippen molar-refractivity contribution in [2.45, 2.75) is 33.2 Å². The number of hydrogen-bond acceptors (Lipinski definition) is 5. The fourth-order valence-electron chi connectivity index (χ4n) is 4.54. The molecule has 0 aliphatic carbocycles. The molecule has 0 fully saturated rings. The highest BCUT2D eigenvalue weighted by molar-refractivity contribution is 7.10. The number of rotatable bonds is 9. The first-order chi connectivity index (χ1) is 17.4. The minimum Gasteiger partial charge on any atom is -0.497 e. The monoisotopic (exact) mass is 506 g/mol. The molecule has 4 rings (SSSR count). The van der Waals surface area contributed by atoms with Gasteiger partial charge in [0.1, 0.15) is 24.7 Å².